The van der Waals surface area contributed by atoms with Crippen molar-refractivity contribution < 1.29 is 17.9 Å². The molecule has 0 aliphatic rings. The summed E-state index contributed by atoms with van der Waals surface area (Å²) < 4.78 is 32.2. The van der Waals surface area contributed by atoms with Gasteiger partial charge in [0.1, 0.15) is 4.90 Å². The molecule has 7 heteroatoms. The van der Waals surface area contributed by atoms with E-state index in [1.807, 2.05) is 6.07 Å². The SMILES string of the molecule is COC(=O)c1c(C)cccc1S(=O)(=O)Nc1cccc(C#N)c1. The van der Waals surface area contributed by atoms with Gasteiger partial charge in [0.2, 0.25) is 0 Å². The van der Waals surface area contributed by atoms with Crippen molar-refractivity contribution in [3.8, 4) is 6.07 Å². The second kappa shape index (κ2) is 6.50. The molecule has 0 bridgehead atoms. The zero-order valence-corrected chi connectivity index (χ0v) is 13.3. The maximum atomic E-state index is 12.6. The minimum atomic E-state index is -4.01. The molecule has 0 unspecified atom stereocenters. The minimum Gasteiger partial charge on any atom is -0.465 e. The lowest BCUT2D eigenvalue weighted by Crippen LogP contribution is -2.18. The van der Waals surface area contributed by atoms with Crippen LogP contribution in [-0.4, -0.2) is 21.5 Å². The van der Waals surface area contributed by atoms with Crippen molar-refractivity contribution in [2.75, 3.05) is 11.8 Å². The van der Waals surface area contributed by atoms with Crippen LogP contribution in [0.15, 0.2) is 47.4 Å². The van der Waals surface area contributed by atoms with E-state index < -0.39 is 16.0 Å². The van der Waals surface area contributed by atoms with Crippen LogP contribution in [0.4, 0.5) is 5.69 Å². The monoisotopic (exact) mass is 330 g/mol. The standard InChI is InChI=1S/C16H14N2O4S/c1-11-5-3-8-14(15(11)16(19)22-2)23(20,21)18-13-7-4-6-12(9-13)10-17/h3-9,18H,1-2H3. The first-order valence-electron chi connectivity index (χ1n) is 6.60. The summed E-state index contributed by atoms with van der Waals surface area (Å²) in [6, 6.07) is 12.5. The van der Waals surface area contributed by atoms with Crippen molar-refractivity contribution in [2.45, 2.75) is 11.8 Å². The van der Waals surface area contributed by atoms with Crippen molar-refractivity contribution in [3.63, 3.8) is 0 Å². The topological polar surface area (TPSA) is 96.3 Å². The number of nitriles is 1. The molecule has 0 fully saturated rings. The Hall–Kier alpha value is -2.85. The summed E-state index contributed by atoms with van der Waals surface area (Å²) in [7, 11) is -2.82. The summed E-state index contributed by atoms with van der Waals surface area (Å²) in [5.41, 5.74) is 1.04. The Kier molecular flexibility index (Phi) is 4.67. The molecule has 0 aliphatic heterocycles. The third kappa shape index (κ3) is 3.49. The van der Waals surface area contributed by atoms with Gasteiger partial charge in [0.05, 0.1) is 30.0 Å². The van der Waals surface area contributed by atoms with E-state index in [1.165, 1.54) is 25.3 Å². The number of methoxy groups -OCH3 is 1. The number of carbonyl (C=O) groups excluding carboxylic acids is 1. The highest BCUT2D eigenvalue weighted by Crippen LogP contribution is 2.23. The first-order chi connectivity index (χ1) is 10.9. The summed E-state index contributed by atoms with van der Waals surface area (Å²) in [4.78, 5) is 11.7. The van der Waals surface area contributed by atoms with Crippen LogP contribution in [0.3, 0.4) is 0 Å². The molecule has 1 N–H and O–H groups in total. The predicted molar refractivity (Wildman–Crippen MR) is 84.5 cm³/mol. The van der Waals surface area contributed by atoms with E-state index in [9.17, 15) is 13.2 Å². The number of nitrogens with one attached hydrogen (secondary N) is 1. The Morgan fingerprint density at radius 2 is 1.91 bits per heavy atom. The third-order valence-electron chi connectivity index (χ3n) is 3.16. The number of hydrogen-bond donors (Lipinski definition) is 1. The van der Waals surface area contributed by atoms with E-state index in [0.29, 0.717) is 11.1 Å². The molecule has 0 aliphatic carbocycles. The number of ether oxygens (including phenoxy) is 1. The largest absolute Gasteiger partial charge is 0.465 e. The van der Waals surface area contributed by atoms with Crippen LogP contribution < -0.4 is 4.72 Å². The number of aryl methyl sites for hydroxylation is 1. The van der Waals surface area contributed by atoms with Gasteiger partial charge in [-0.2, -0.15) is 5.26 Å². The molecule has 0 radical (unpaired) electrons. The van der Waals surface area contributed by atoms with E-state index in [1.54, 1.807) is 31.2 Å². The normalized spacial score (nSPS) is 10.7. The number of hydrogen-bond acceptors (Lipinski definition) is 5. The van der Waals surface area contributed by atoms with E-state index in [-0.39, 0.29) is 16.1 Å². The Balaban J connectivity index is 2.50. The molecule has 2 rings (SSSR count). The van der Waals surface area contributed by atoms with Crippen LogP contribution in [0.5, 0.6) is 0 Å². The van der Waals surface area contributed by atoms with Crippen LogP contribution in [0.1, 0.15) is 21.5 Å². The van der Waals surface area contributed by atoms with Gasteiger partial charge in [-0.05, 0) is 36.8 Å². The molecular weight excluding hydrogens is 316 g/mol. The Morgan fingerprint density at radius 3 is 2.57 bits per heavy atom. The Bertz CT molecular complexity index is 899. The summed E-state index contributed by atoms with van der Waals surface area (Å²) in [6.07, 6.45) is 0. The van der Waals surface area contributed by atoms with Crippen LogP contribution >= 0.6 is 0 Å². The third-order valence-corrected chi connectivity index (χ3v) is 4.58. The number of rotatable bonds is 4. The zero-order chi connectivity index (χ0) is 17.0. The van der Waals surface area contributed by atoms with Gasteiger partial charge in [0.15, 0.2) is 0 Å². The maximum absolute atomic E-state index is 12.6. The van der Waals surface area contributed by atoms with Gasteiger partial charge in [0.25, 0.3) is 10.0 Å². The predicted octanol–water partition coefficient (Wildman–Crippen LogP) is 2.45. The summed E-state index contributed by atoms with van der Waals surface area (Å²) >= 11 is 0. The number of sulfonamides is 1. The highest BCUT2D eigenvalue weighted by molar-refractivity contribution is 7.92. The summed E-state index contributed by atoms with van der Waals surface area (Å²) in [6.45, 7) is 1.63. The second-order valence-corrected chi connectivity index (χ2v) is 6.39. The van der Waals surface area contributed by atoms with Crippen LogP contribution in [0.2, 0.25) is 0 Å². The van der Waals surface area contributed by atoms with Crippen LogP contribution in [0, 0.1) is 18.3 Å². The molecule has 0 spiro atoms. The van der Waals surface area contributed by atoms with Gasteiger partial charge >= 0.3 is 5.97 Å². The fraction of sp³-hybridized carbons (Fsp3) is 0.125. The fourth-order valence-electron chi connectivity index (χ4n) is 2.09. The molecule has 0 saturated heterocycles. The molecule has 23 heavy (non-hydrogen) atoms. The smallest absolute Gasteiger partial charge is 0.339 e. The van der Waals surface area contributed by atoms with Gasteiger partial charge < -0.3 is 4.74 Å². The van der Waals surface area contributed by atoms with Crippen molar-refractivity contribution >= 4 is 21.7 Å². The number of carbonyl (C=O) groups is 1. The van der Waals surface area contributed by atoms with Crippen molar-refractivity contribution in [1.82, 2.24) is 0 Å². The number of nitrogens with zero attached hydrogens (tertiary/aromatic N) is 1. The van der Waals surface area contributed by atoms with Gasteiger partial charge in [-0.15, -0.1) is 0 Å². The van der Waals surface area contributed by atoms with Gasteiger partial charge in [-0.25, -0.2) is 13.2 Å². The second-order valence-electron chi connectivity index (χ2n) is 4.74. The average molecular weight is 330 g/mol. The van der Waals surface area contributed by atoms with Crippen molar-refractivity contribution in [3.05, 3.63) is 59.2 Å². The quantitative estimate of drug-likeness (QED) is 0.869. The molecule has 0 heterocycles. The highest BCUT2D eigenvalue weighted by Gasteiger charge is 2.24. The lowest BCUT2D eigenvalue weighted by atomic mass is 10.1. The first kappa shape index (κ1) is 16.5. The summed E-state index contributed by atoms with van der Waals surface area (Å²) in [5.74, 6) is -0.728. The molecule has 6 nitrogen and oxygen atoms in total. The van der Waals surface area contributed by atoms with E-state index in [0.717, 1.165) is 0 Å². The molecule has 2 aromatic rings. The number of esters is 1. The fourth-order valence-corrected chi connectivity index (χ4v) is 3.41. The Labute approximate surface area is 134 Å². The average Bonchev–Trinajstić information content (AvgIpc) is 2.53. The van der Waals surface area contributed by atoms with E-state index in [2.05, 4.69) is 9.46 Å². The number of anilines is 1. The molecule has 0 aromatic heterocycles. The highest BCUT2D eigenvalue weighted by atomic mass is 32.2. The lowest BCUT2D eigenvalue weighted by Gasteiger charge is -2.13. The van der Waals surface area contributed by atoms with Crippen LogP contribution in [0.25, 0.3) is 0 Å². The molecule has 118 valence electrons. The zero-order valence-electron chi connectivity index (χ0n) is 12.5. The number of benzene rings is 2. The lowest BCUT2D eigenvalue weighted by molar-refractivity contribution is 0.0595. The van der Waals surface area contributed by atoms with E-state index >= 15 is 0 Å². The van der Waals surface area contributed by atoms with Crippen molar-refractivity contribution in [2.24, 2.45) is 0 Å². The van der Waals surface area contributed by atoms with Crippen LogP contribution in [-0.2, 0) is 14.8 Å². The maximum Gasteiger partial charge on any atom is 0.339 e. The van der Waals surface area contributed by atoms with Gasteiger partial charge in [-0.3, -0.25) is 4.72 Å². The van der Waals surface area contributed by atoms with Gasteiger partial charge in [0, 0.05) is 0 Å². The molecule has 0 atom stereocenters. The van der Waals surface area contributed by atoms with Gasteiger partial charge in [-0.1, -0.05) is 18.2 Å². The molecule has 0 saturated carbocycles. The van der Waals surface area contributed by atoms with Crippen molar-refractivity contribution in [1.29, 1.82) is 5.26 Å². The molecule has 2 aromatic carbocycles. The van der Waals surface area contributed by atoms with E-state index in [4.69, 9.17) is 5.26 Å². The summed E-state index contributed by atoms with van der Waals surface area (Å²) in [5, 5.41) is 8.87. The first-order valence-corrected chi connectivity index (χ1v) is 8.08. The Morgan fingerprint density at radius 1 is 1.22 bits per heavy atom. The molecule has 0 amide bonds. The molecular formula is C16H14N2O4S. The minimum absolute atomic E-state index is 0.0149.